The van der Waals surface area contributed by atoms with Crippen LogP contribution in [0, 0.1) is 0 Å². The van der Waals surface area contributed by atoms with E-state index in [9.17, 15) is 0 Å². The summed E-state index contributed by atoms with van der Waals surface area (Å²) >= 11 is 1.92. The Balaban J connectivity index is 0.979. The Morgan fingerprint density at radius 1 is 0.360 bits per heavy atom. The fourth-order valence-electron chi connectivity index (χ4n) is 11.6. The number of para-hydroxylation sites is 3. The third-order valence-corrected chi connectivity index (χ3v) is 16.2. The number of amidine groups is 2. The van der Waals surface area contributed by atoms with E-state index < -0.39 is 0 Å². The molecule has 1 aliphatic rings. The van der Waals surface area contributed by atoms with E-state index in [0.717, 1.165) is 72.8 Å². The summed E-state index contributed by atoms with van der Waals surface area (Å²) in [4.78, 5) is 10.7. The molecule has 3 aromatic heterocycles. The summed E-state index contributed by atoms with van der Waals surface area (Å²) in [5, 5.41) is 11.4. The van der Waals surface area contributed by atoms with Gasteiger partial charge in [0.1, 0.15) is 12.0 Å². The summed E-state index contributed by atoms with van der Waals surface area (Å²) in [5.41, 5.74) is 16.7. The molecule has 352 valence electrons. The molecule has 0 saturated carbocycles. The van der Waals surface area contributed by atoms with Crippen molar-refractivity contribution in [3.05, 3.63) is 278 Å². The predicted octanol–water partition coefficient (Wildman–Crippen LogP) is 17.7. The topological polar surface area (TPSA) is 46.6 Å². The summed E-state index contributed by atoms with van der Waals surface area (Å²) in [6, 6.07) is 93.9. The van der Waals surface area contributed by atoms with Gasteiger partial charge >= 0.3 is 0 Å². The SMILES string of the molecule is c1ccc(-c2ccc(C3=NC(c4ccccc4)NC(c4cc(-c5ccccc5)c(-n5c6ccccc6c6c7sc8c(ccc9c8c8ccccc8n9-c8ccccc8)c7ccc65)c(-c5ccccc5)c4)=N3)cc2)cc1. The van der Waals surface area contributed by atoms with Crippen molar-refractivity contribution < 1.29 is 0 Å². The van der Waals surface area contributed by atoms with Gasteiger partial charge in [0, 0.05) is 69.7 Å². The first-order valence-electron chi connectivity index (χ1n) is 25.5. The van der Waals surface area contributed by atoms with Crippen LogP contribution in [0.1, 0.15) is 22.9 Å². The van der Waals surface area contributed by atoms with Crippen LogP contribution in [0.3, 0.4) is 0 Å². The number of fused-ring (bicyclic) bond motifs is 11. The molecule has 6 heteroatoms. The molecule has 11 aromatic carbocycles. The molecule has 4 heterocycles. The molecule has 0 fully saturated rings. The Kier molecular flexibility index (Phi) is 10.1. The number of thiophene rings is 1. The van der Waals surface area contributed by atoms with Crippen LogP contribution in [0.15, 0.2) is 271 Å². The Morgan fingerprint density at radius 3 is 1.39 bits per heavy atom. The second kappa shape index (κ2) is 17.6. The van der Waals surface area contributed by atoms with E-state index in [1.165, 1.54) is 58.3 Å². The lowest BCUT2D eigenvalue weighted by Crippen LogP contribution is -2.33. The van der Waals surface area contributed by atoms with Crippen LogP contribution in [0.25, 0.3) is 109 Å². The third-order valence-electron chi connectivity index (χ3n) is 15.0. The van der Waals surface area contributed by atoms with E-state index in [1.807, 2.05) is 11.3 Å². The van der Waals surface area contributed by atoms with Crippen LogP contribution in [-0.2, 0) is 0 Å². The van der Waals surface area contributed by atoms with Gasteiger partial charge in [-0.25, -0.2) is 9.98 Å². The van der Waals surface area contributed by atoms with Crippen molar-refractivity contribution in [3.63, 3.8) is 0 Å². The Morgan fingerprint density at radius 2 is 0.813 bits per heavy atom. The highest BCUT2D eigenvalue weighted by atomic mass is 32.1. The standard InChI is InChI=1S/C69H45N5S/c1-6-20-44(21-7-1)45-34-36-49(37-35-45)68-70-67(48-26-12-4-13-27-48)71-69(72-68)50-42-56(46-22-8-2-9-23-46)64(57(43-50)47-24-10-3-11-25-47)74-59-33-19-17-31-55(59)63-61(74)41-39-53-52-38-40-60-62(65(52)75-66(53)63)54-30-16-18-32-58(54)73(60)51-28-14-5-15-29-51/h1-43,67H,(H,70,71,72). The van der Waals surface area contributed by atoms with Gasteiger partial charge in [0.15, 0.2) is 5.84 Å². The van der Waals surface area contributed by atoms with Crippen LogP contribution < -0.4 is 5.32 Å². The fraction of sp³-hybridized carbons (Fsp3) is 0.0145. The van der Waals surface area contributed by atoms with Gasteiger partial charge in [-0.1, -0.05) is 212 Å². The number of benzene rings is 11. The van der Waals surface area contributed by atoms with Crippen LogP contribution in [0.5, 0.6) is 0 Å². The lowest BCUT2D eigenvalue weighted by Gasteiger charge is -2.26. The second-order valence-corrected chi connectivity index (χ2v) is 20.3. The van der Waals surface area contributed by atoms with Crippen LogP contribution in [-0.4, -0.2) is 20.8 Å². The van der Waals surface area contributed by atoms with Crippen molar-refractivity contribution in [3.8, 4) is 44.8 Å². The van der Waals surface area contributed by atoms with Gasteiger partial charge in [-0.3, -0.25) is 0 Å². The minimum atomic E-state index is -0.361. The second-order valence-electron chi connectivity index (χ2n) is 19.3. The summed E-state index contributed by atoms with van der Waals surface area (Å²) in [6.45, 7) is 0. The quantitative estimate of drug-likeness (QED) is 0.162. The molecule has 5 nitrogen and oxygen atoms in total. The highest BCUT2D eigenvalue weighted by Gasteiger charge is 2.27. The van der Waals surface area contributed by atoms with E-state index in [4.69, 9.17) is 9.98 Å². The van der Waals surface area contributed by atoms with Crippen molar-refractivity contribution >= 4 is 86.8 Å². The van der Waals surface area contributed by atoms with E-state index in [0.29, 0.717) is 5.84 Å². The number of nitrogens with one attached hydrogen (secondary N) is 1. The minimum Gasteiger partial charge on any atom is -0.344 e. The molecule has 0 spiro atoms. The molecule has 1 N–H and O–H groups in total. The minimum absolute atomic E-state index is 0.361. The van der Waals surface area contributed by atoms with Gasteiger partial charge in [-0.2, -0.15) is 0 Å². The number of hydrogen-bond acceptors (Lipinski definition) is 4. The molecule has 14 aromatic rings. The monoisotopic (exact) mass is 975 g/mol. The summed E-state index contributed by atoms with van der Waals surface area (Å²) in [5.74, 6) is 1.44. The maximum Gasteiger partial charge on any atom is 0.159 e. The molecule has 0 aliphatic carbocycles. The molecular formula is C69H45N5S. The highest BCUT2D eigenvalue weighted by Crippen LogP contribution is 2.49. The van der Waals surface area contributed by atoms with E-state index in [1.54, 1.807) is 0 Å². The average molecular weight is 976 g/mol. The van der Waals surface area contributed by atoms with Crippen molar-refractivity contribution in [2.75, 3.05) is 0 Å². The van der Waals surface area contributed by atoms with Gasteiger partial charge in [0.2, 0.25) is 0 Å². The van der Waals surface area contributed by atoms with Crippen molar-refractivity contribution in [2.45, 2.75) is 6.17 Å². The molecule has 1 atom stereocenters. The van der Waals surface area contributed by atoms with Gasteiger partial charge in [-0.05, 0) is 76.3 Å². The molecule has 75 heavy (non-hydrogen) atoms. The van der Waals surface area contributed by atoms with Gasteiger partial charge in [0.25, 0.3) is 0 Å². The summed E-state index contributed by atoms with van der Waals surface area (Å²) in [7, 11) is 0. The normalized spacial score (nSPS) is 13.7. The first-order valence-corrected chi connectivity index (χ1v) is 26.3. The van der Waals surface area contributed by atoms with Crippen molar-refractivity contribution in [1.29, 1.82) is 0 Å². The Hall–Kier alpha value is -9.62. The zero-order valence-corrected chi connectivity index (χ0v) is 41.4. The summed E-state index contributed by atoms with van der Waals surface area (Å²) < 4.78 is 7.55. The van der Waals surface area contributed by atoms with Gasteiger partial charge < -0.3 is 14.5 Å². The molecule has 1 unspecified atom stereocenters. The molecule has 0 amide bonds. The maximum absolute atomic E-state index is 5.42. The molecule has 0 saturated heterocycles. The largest absolute Gasteiger partial charge is 0.344 e. The third kappa shape index (κ3) is 7.06. The maximum atomic E-state index is 5.42. The number of nitrogens with zero attached hydrogens (tertiary/aromatic N) is 4. The smallest absolute Gasteiger partial charge is 0.159 e. The van der Waals surface area contributed by atoms with Crippen LogP contribution in [0.2, 0.25) is 0 Å². The van der Waals surface area contributed by atoms with Gasteiger partial charge in [0.05, 0.1) is 27.8 Å². The first-order chi connectivity index (χ1) is 37.2. The zero-order chi connectivity index (χ0) is 49.4. The van der Waals surface area contributed by atoms with Crippen molar-refractivity contribution in [2.24, 2.45) is 9.98 Å². The van der Waals surface area contributed by atoms with E-state index in [2.05, 4.69) is 275 Å². The van der Waals surface area contributed by atoms with Crippen LogP contribution in [0.4, 0.5) is 0 Å². The van der Waals surface area contributed by atoms with Crippen molar-refractivity contribution in [1.82, 2.24) is 14.5 Å². The van der Waals surface area contributed by atoms with E-state index >= 15 is 0 Å². The molecule has 1 aliphatic heterocycles. The zero-order valence-electron chi connectivity index (χ0n) is 40.6. The predicted molar refractivity (Wildman–Crippen MR) is 316 cm³/mol. The number of aliphatic imine (C=N–C) groups is 2. The number of aromatic nitrogens is 2. The lowest BCUT2D eigenvalue weighted by atomic mass is 9.92. The Bertz CT molecular complexity index is 4510. The molecule has 0 radical (unpaired) electrons. The summed E-state index contributed by atoms with van der Waals surface area (Å²) in [6.07, 6.45) is -0.361. The van der Waals surface area contributed by atoms with E-state index in [-0.39, 0.29) is 6.17 Å². The number of hydrogen-bond donors (Lipinski definition) is 1. The number of rotatable bonds is 8. The lowest BCUT2D eigenvalue weighted by molar-refractivity contribution is 0.674. The van der Waals surface area contributed by atoms with Crippen LogP contribution >= 0.6 is 11.3 Å². The fourth-order valence-corrected chi connectivity index (χ4v) is 13.0. The van der Waals surface area contributed by atoms with Gasteiger partial charge in [-0.15, -0.1) is 11.3 Å². The molecular weight excluding hydrogens is 931 g/mol. The Labute approximate surface area is 437 Å². The highest BCUT2D eigenvalue weighted by molar-refractivity contribution is 7.27. The first kappa shape index (κ1) is 43.0. The molecule has 15 rings (SSSR count). The molecule has 0 bridgehead atoms. The average Bonchev–Trinajstić information content (AvgIpc) is 4.31.